The minimum Gasteiger partial charge on any atom is -0.309 e. The molecule has 1 atom stereocenters. The summed E-state index contributed by atoms with van der Waals surface area (Å²) in [4.78, 5) is 0. The van der Waals surface area contributed by atoms with Crippen molar-refractivity contribution >= 4 is 8.60 Å². The predicted molar refractivity (Wildman–Crippen MR) is 44.9 cm³/mol. The first-order valence-electron chi connectivity index (χ1n) is 4.14. The summed E-state index contributed by atoms with van der Waals surface area (Å²) in [5.41, 5.74) is -0.619. The second kappa shape index (κ2) is 4.49. The first-order valence-corrected chi connectivity index (χ1v) is 5.23. The Morgan fingerprint density at radius 2 is 2.07 bits per heavy atom. The molecule has 0 spiro atoms. The van der Waals surface area contributed by atoms with Crippen LogP contribution in [0, 0.1) is 0 Å². The topological polar surface area (TPSA) is 27.7 Å². The van der Waals surface area contributed by atoms with Gasteiger partial charge in [-0.05, 0) is 13.8 Å². The molecule has 1 heterocycles. The van der Waals surface area contributed by atoms with E-state index in [2.05, 4.69) is 4.52 Å². The van der Waals surface area contributed by atoms with Gasteiger partial charge in [0.1, 0.15) is 6.61 Å². The van der Waals surface area contributed by atoms with Gasteiger partial charge in [0, 0.05) is 0 Å². The van der Waals surface area contributed by atoms with E-state index in [0.29, 0.717) is 0 Å². The molecule has 3 nitrogen and oxygen atoms in total. The molecular formula is C7H11F4O3P. The summed E-state index contributed by atoms with van der Waals surface area (Å²) in [5.74, 6) is -4.16. The van der Waals surface area contributed by atoms with E-state index in [4.69, 9.17) is 9.05 Å². The van der Waals surface area contributed by atoms with Gasteiger partial charge < -0.3 is 13.6 Å². The molecule has 1 fully saturated rings. The SMILES string of the molecule is CC1(C)COP(OCC(F)(F)C(F)F)O1. The summed E-state index contributed by atoms with van der Waals surface area (Å²) in [6.07, 6.45) is -3.75. The van der Waals surface area contributed by atoms with Crippen LogP contribution in [0.3, 0.4) is 0 Å². The average Bonchev–Trinajstić information content (AvgIpc) is 2.42. The van der Waals surface area contributed by atoms with E-state index in [0.717, 1.165) is 0 Å². The zero-order valence-corrected chi connectivity index (χ0v) is 9.07. The van der Waals surface area contributed by atoms with Crippen LogP contribution in [-0.2, 0) is 13.6 Å². The normalized spacial score (nSPS) is 26.2. The van der Waals surface area contributed by atoms with Gasteiger partial charge in [0.2, 0.25) is 0 Å². The third-order valence-corrected chi connectivity index (χ3v) is 2.84. The highest BCUT2D eigenvalue weighted by molar-refractivity contribution is 7.42. The summed E-state index contributed by atoms with van der Waals surface area (Å²) >= 11 is 0. The standard InChI is InChI=1S/C7H11F4O3P/c1-6(2)3-12-15(14-6)13-4-7(10,11)5(8)9/h5H,3-4H2,1-2H3. The first kappa shape index (κ1) is 13.1. The largest absolute Gasteiger partial charge is 0.333 e. The van der Waals surface area contributed by atoms with Gasteiger partial charge in [-0.25, -0.2) is 8.78 Å². The fourth-order valence-electron chi connectivity index (χ4n) is 0.728. The summed E-state index contributed by atoms with van der Waals surface area (Å²) in [7, 11) is -1.94. The second-order valence-electron chi connectivity index (χ2n) is 3.68. The van der Waals surface area contributed by atoms with Crippen molar-refractivity contribution in [2.75, 3.05) is 13.2 Å². The van der Waals surface area contributed by atoms with Crippen LogP contribution >= 0.6 is 8.60 Å². The molecule has 0 radical (unpaired) electrons. The Labute approximate surface area is 85.7 Å². The molecule has 0 aromatic heterocycles. The third-order valence-electron chi connectivity index (χ3n) is 1.52. The van der Waals surface area contributed by atoms with Gasteiger partial charge in [-0.15, -0.1) is 0 Å². The molecule has 1 saturated heterocycles. The molecule has 15 heavy (non-hydrogen) atoms. The van der Waals surface area contributed by atoms with Crippen LogP contribution in [0.15, 0.2) is 0 Å². The zero-order valence-electron chi connectivity index (χ0n) is 8.18. The molecule has 0 aromatic rings. The molecule has 1 unspecified atom stereocenters. The van der Waals surface area contributed by atoms with Crippen molar-refractivity contribution in [3.05, 3.63) is 0 Å². The van der Waals surface area contributed by atoms with Crippen LogP contribution < -0.4 is 0 Å². The van der Waals surface area contributed by atoms with Crippen LogP contribution in [0.25, 0.3) is 0 Å². The van der Waals surface area contributed by atoms with Crippen molar-refractivity contribution in [1.29, 1.82) is 0 Å². The van der Waals surface area contributed by atoms with Crippen molar-refractivity contribution in [2.24, 2.45) is 0 Å². The minimum absolute atomic E-state index is 0.193. The lowest BCUT2D eigenvalue weighted by molar-refractivity contribution is -0.149. The Morgan fingerprint density at radius 1 is 1.47 bits per heavy atom. The summed E-state index contributed by atoms with van der Waals surface area (Å²) < 4.78 is 62.7. The molecule has 8 heteroatoms. The second-order valence-corrected chi connectivity index (χ2v) is 4.83. The van der Waals surface area contributed by atoms with Crippen LogP contribution in [-0.4, -0.2) is 31.2 Å². The lowest BCUT2D eigenvalue weighted by atomic mass is 10.2. The van der Waals surface area contributed by atoms with Crippen LogP contribution in [0.5, 0.6) is 0 Å². The fourth-order valence-corrected chi connectivity index (χ4v) is 2.06. The Bertz CT molecular complexity index is 224. The Balaban J connectivity index is 2.33. The first-order chi connectivity index (χ1) is 6.73. The van der Waals surface area contributed by atoms with Crippen LogP contribution in [0.2, 0.25) is 0 Å². The van der Waals surface area contributed by atoms with Crippen molar-refractivity contribution in [2.45, 2.75) is 31.8 Å². The van der Waals surface area contributed by atoms with E-state index in [1.54, 1.807) is 13.8 Å². The highest BCUT2D eigenvalue weighted by Crippen LogP contribution is 2.51. The van der Waals surface area contributed by atoms with E-state index >= 15 is 0 Å². The molecule has 0 aliphatic carbocycles. The quantitative estimate of drug-likeness (QED) is 0.567. The number of rotatable bonds is 4. The molecule has 90 valence electrons. The monoisotopic (exact) mass is 250 g/mol. The Morgan fingerprint density at radius 3 is 2.47 bits per heavy atom. The Kier molecular flexibility index (Phi) is 3.92. The fraction of sp³-hybridized carbons (Fsp3) is 1.00. The number of hydrogen-bond donors (Lipinski definition) is 0. The molecule has 1 aliphatic heterocycles. The van der Waals surface area contributed by atoms with Gasteiger partial charge in [0.25, 0.3) is 0 Å². The maximum absolute atomic E-state index is 12.4. The summed E-state index contributed by atoms with van der Waals surface area (Å²) in [6, 6.07) is 0. The molecule has 0 bridgehead atoms. The van der Waals surface area contributed by atoms with Gasteiger partial charge in [-0.1, -0.05) is 0 Å². The smallest absolute Gasteiger partial charge is 0.309 e. The van der Waals surface area contributed by atoms with Gasteiger partial charge in [0.15, 0.2) is 0 Å². The predicted octanol–water partition coefficient (Wildman–Crippen LogP) is 2.96. The average molecular weight is 250 g/mol. The number of alkyl halides is 4. The summed E-state index contributed by atoms with van der Waals surface area (Å²) in [6.45, 7) is 2.17. The van der Waals surface area contributed by atoms with Gasteiger partial charge in [-0.2, -0.15) is 8.78 Å². The lowest BCUT2D eigenvalue weighted by Gasteiger charge is -2.18. The molecule has 1 aliphatic rings. The molecular weight excluding hydrogens is 239 g/mol. The zero-order chi connectivity index (χ0) is 11.7. The molecule has 0 saturated carbocycles. The molecule has 0 aromatic carbocycles. The lowest BCUT2D eigenvalue weighted by Crippen LogP contribution is -2.31. The molecule has 1 rings (SSSR count). The number of hydrogen-bond acceptors (Lipinski definition) is 3. The highest BCUT2D eigenvalue weighted by atomic mass is 31.2. The minimum atomic E-state index is -4.16. The Hall–Kier alpha value is 0.0300. The van der Waals surface area contributed by atoms with E-state index in [9.17, 15) is 17.6 Å². The van der Waals surface area contributed by atoms with Crippen molar-refractivity contribution < 1.29 is 31.1 Å². The number of halogens is 4. The van der Waals surface area contributed by atoms with E-state index < -0.39 is 33.2 Å². The maximum atomic E-state index is 12.4. The van der Waals surface area contributed by atoms with Gasteiger partial charge >= 0.3 is 21.0 Å². The van der Waals surface area contributed by atoms with Crippen molar-refractivity contribution in [1.82, 2.24) is 0 Å². The van der Waals surface area contributed by atoms with Gasteiger partial charge in [0.05, 0.1) is 12.2 Å². The van der Waals surface area contributed by atoms with Crippen molar-refractivity contribution in [3.8, 4) is 0 Å². The van der Waals surface area contributed by atoms with Crippen LogP contribution in [0.4, 0.5) is 17.6 Å². The summed E-state index contributed by atoms with van der Waals surface area (Å²) in [5, 5.41) is 0. The van der Waals surface area contributed by atoms with Gasteiger partial charge in [-0.3, -0.25) is 0 Å². The van der Waals surface area contributed by atoms with Crippen molar-refractivity contribution in [3.63, 3.8) is 0 Å². The van der Waals surface area contributed by atoms with E-state index in [1.165, 1.54) is 0 Å². The molecule has 0 amide bonds. The third kappa shape index (κ3) is 3.83. The highest BCUT2D eigenvalue weighted by Gasteiger charge is 2.44. The van der Waals surface area contributed by atoms with E-state index in [1.807, 2.05) is 0 Å². The van der Waals surface area contributed by atoms with Crippen LogP contribution in [0.1, 0.15) is 13.8 Å². The van der Waals surface area contributed by atoms with E-state index in [-0.39, 0.29) is 6.61 Å². The maximum Gasteiger partial charge on any atom is 0.333 e. The molecule has 0 N–H and O–H groups in total.